The number of carbonyl (C=O) groups is 1. The van der Waals surface area contributed by atoms with Gasteiger partial charge in [0.05, 0.1) is 17.8 Å². The zero-order valence-corrected chi connectivity index (χ0v) is 13.7. The molecule has 4 aromatic rings. The number of nitrogens with two attached hydrogens (primary N) is 1. The Bertz CT molecular complexity index is 1100. The van der Waals surface area contributed by atoms with Crippen LogP contribution in [0.2, 0.25) is 0 Å². The fraction of sp³-hybridized carbons (Fsp3) is 0.100. The summed E-state index contributed by atoms with van der Waals surface area (Å²) in [5.74, 6) is 0.412. The Morgan fingerprint density at radius 3 is 2.68 bits per heavy atom. The van der Waals surface area contributed by atoms with Gasteiger partial charge in [0.15, 0.2) is 0 Å². The highest BCUT2D eigenvalue weighted by molar-refractivity contribution is 6.01. The molecule has 124 valence electrons. The number of amides is 1. The Balaban J connectivity index is 1.83. The number of H-pyrrole nitrogens is 1. The van der Waals surface area contributed by atoms with E-state index in [9.17, 15) is 4.79 Å². The van der Waals surface area contributed by atoms with E-state index >= 15 is 0 Å². The van der Waals surface area contributed by atoms with Crippen LogP contribution in [-0.4, -0.2) is 22.7 Å². The lowest BCUT2D eigenvalue weighted by atomic mass is 10.0. The maximum atomic E-state index is 11.5. The molecule has 0 aliphatic carbocycles. The van der Waals surface area contributed by atoms with Crippen LogP contribution in [-0.2, 0) is 0 Å². The maximum Gasteiger partial charge on any atom is 0.248 e. The van der Waals surface area contributed by atoms with Crippen molar-refractivity contribution in [3.63, 3.8) is 0 Å². The minimum Gasteiger partial charge on any atom is -0.494 e. The van der Waals surface area contributed by atoms with Crippen molar-refractivity contribution in [1.82, 2.24) is 10.2 Å². The first kappa shape index (κ1) is 15.2. The predicted octanol–water partition coefficient (Wildman–Crippen LogP) is 3.88. The lowest BCUT2D eigenvalue weighted by Gasteiger charge is -2.06. The minimum absolute atomic E-state index is 0.448. The Labute approximate surface area is 144 Å². The third kappa shape index (κ3) is 2.70. The van der Waals surface area contributed by atoms with Crippen LogP contribution in [0.25, 0.3) is 32.9 Å². The van der Waals surface area contributed by atoms with E-state index in [-0.39, 0.29) is 0 Å². The highest BCUT2D eigenvalue weighted by atomic mass is 16.5. The van der Waals surface area contributed by atoms with Crippen molar-refractivity contribution >= 4 is 27.6 Å². The Morgan fingerprint density at radius 2 is 1.88 bits per heavy atom. The lowest BCUT2D eigenvalue weighted by Crippen LogP contribution is -2.10. The molecule has 5 nitrogen and oxygen atoms in total. The summed E-state index contributed by atoms with van der Waals surface area (Å²) in [5, 5.41) is 10.5. The van der Waals surface area contributed by atoms with Gasteiger partial charge in [-0.05, 0) is 54.1 Å². The number of fused-ring (bicyclic) bond motifs is 2. The van der Waals surface area contributed by atoms with Crippen LogP contribution in [0, 0.1) is 0 Å². The normalized spacial score (nSPS) is 11.1. The molecular formula is C20H17N3O2. The van der Waals surface area contributed by atoms with E-state index in [0.717, 1.165) is 38.7 Å². The molecule has 3 N–H and O–H groups in total. The molecule has 0 atom stereocenters. The molecule has 0 radical (unpaired) electrons. The fourth-order valence-corrected chi connectivity index (χ4v) is 3.01. The van der Waals surface area contributed by atoms with Gasteiger partial charge in [0.1, 0.15) is 5.75 Å². The minimum atomic E-state index is -0.448. The summed E-state index contributed by atoms with van der Waals surface area (Å²) in [6, 6.07) is 17.5. The van der Waals surface area contributed by atoms with Crippen molar-refractivity contribution in [2.24, 2.45) is 5.73 Å². The van der Waals surface area contributed by atoms with Crippen molar-refractivity contribution in [3.05, 3.63) is 60.2 Å². The topological polar surface area (TPSA) is 81.0 Å². The maximum absolute atomic E-state index is 11.5. The molecule has 3 aromatic carbocycles. The average molecular weight is 331 g/mol. The molecule has 5 heteroatoms. The first-order valence-electron chi connectivity index (χ1n) is 8.10. The summed E-state index contributed by atoms with van der Waals surface area (Å²) >= 11 is 0. The standard InChI is InChI=1S/C20H17N3O2/c1-2-25-16-7-5-12-9-14(4-3-13(12)10-16)19-17-11-15(20(21)24)6-8-18(17)22-23-19/h3-11H,2H2,1H3,(H2,21,24)(H,22,23). The van der Waals surface area contributed by atoms with E-state index < -0.39 is 5.91 Å². The SMILES string of the molecule is CCOc1ccc2cc(-c3n[nH]c4ccc(C(N)=O)cc34)ccc2c1. The summed E-state index contributed by atoms with van der Waals surface area (Å²) in [6.07, 6.45) is 0. The molecule has 0 aliphatic rings. The molecule has 25 heavy (non-hydrogen) atoms. The van der Waals surface area contributed by atoms with Gasteiger partial charge in [0, 0.05) is 16.5 Å². The number of aromatic nitrogens is 2. The third-order valence-corrected chi connectivity index (χ3v) is 4.24. The Kier molecular flexibility index (Phi) is 3.61. The fourth-order valence-electron chi connectivity index (χ4n) is 3.01. The number of hydrogen-bond donors (Lipinski definition) is 2. The first-order valence-corrected chi connectivity index (χ1v) is 8.10. The van der Waals surface area contributed by atoms with Crippen molar-refractivity contribution in [2.75, 3.05) is 6.61 Å². The highest BCUT2D eigenvalue weighted by Crippen LogP contribution is 2.30. The molecule has 0 fully saturated rings. The van der Waals surface area contributed by atoms with Crippen LogP contribution in [0.5, 0.6) is 5.75 Å². The van der Waals surface area contributed by atoms with Gasteiger partial charge < -0.3 is 10.5 Å². The Hall–Kier alpha value is -3.34. The second-order valence-corrected chi connectivity index (χ2v) is 5.85. The summed E-state index contributed by atoms with van der Waals surface area (Å²) in [7, 11) is 0. The zero-order valence-electron chi connectivity index (χ0n) is 13.7. The molecule has 0 saturated carbocycles. The van der Waals surface area contributed by atoms with Gasteiger partial charge >= 0.3 is 0 Å². The lowest BCUT2D eigenvalue weighted by molar-refractivity contribution is 0.100. The molecule has 0 unspecified atom stereocenters. The van der Waals surface area contributed by atoms with Gasteiger partial charge in [-0.1, -0.05) is 18.2 Å². The molecule has 1 heterocycles. The molecule has 0 spiro atoms. The number of ether oxygens (including phenoxy) is 1. The number of aromatic amines is 1. The number of nitrogens with one attached hydrogen (secondary N) is 1. The van der Waals surface area contributed by atoms with E-state index in [0.29, 0.717) is 12.2 Å². The van der Waals surface area contributed by atoms with Crippen molar-refractivity contribution in [3.8, 4) is 17.0 Å². The van der Waals surface area contributed by atoms with Gasteiger partial charge in [0.2, 0.25) is 5.91 Å². The number of rotatable bonds is 4. The largest absolute Gasteiger partial charge is 0.494 e. The van der Waals surface area contributed by atoms with Crippen LogP contribution in [0.15, 0.2) is 54.6 Å². The third-order valence-electron chi connectivity index (χ3n) is 4.24. The van der Waals surface area contributed by atoms with Gasteiger partial charge in [-0.3, -0.25) is 9.89 Å². The molecule has 0 aliphatic heterocycles. The second-order valence-electron chi connectivity index (χ2n) is 5.85. The van der Waals surface area contributed by atoms with Gasteiger partial charge in [-0.2, -0.15) is 5.10 Å². The summed E-state index contributed by atoms with van der Waals surface area (Å²) in [6.45, 7) is 2.61. The molecule has 0 bridgehead atoms. The second kappa shape index (κ2) is 5.94. The number of benzene rings is 3. The quantitative estimate of drug-likeness (QED) is 0.595. The van der Waals surface area contributed by atoms with E-state index in [2.05, 4.69) is 16.3 Å². The van der Waals surface area contributed by atoms with Gasteiger partial charge in [-0.15, -0.1) is 0 Å². The van der Waals surface area contributed by atoms with Crippen molar-refractivity contribution in [1.29, 1.82) is 0 Å². The van der Waals surface area contributed by atoms with E-state index in [1.807, 2.05) is 43.3 Å². The van der Waals surface area contributed by atoms with Crippen LogP contribution >= 0.6 is 0 Å². The van der Waals surface area contributed by atoms with Crippen molar-refractivity contribution < 1.29 is 9.53 Å². The predicted molar refractivity (Wildman–Crippen MR) is 98.7 cm³/mol. The summed E-state index contributed by atoms with van der Waals surface area (Å²) in [4.78, 5) is 11.5. The number of hydrogen-bond acceptors (Lipinski definition) is 3. The summed E-state index contributed by atoms with van der Waals surface area (Å²) < 4.78 is 5.55. The van der Waals surface area contributed by atoms with Gasteiger partial charge in [0.25, 0.3) is 0 Å². The molecule has 0 saturated heterocycles. The number of primary amides is 1. The zero-order chi connectivity index (χ0) is 17.4. The molecule has 1 amide bonds. The Morgan fingerprint density at radius 1 is 1.08 bits per heavy atom. The van der Waals surface area contributed by atoms with Gasteiger partial charge in [-0.25, -0.2) is 0 Å². The van der Waals surface area contributed by atoms with E-state index in [1.54, 1.807) is 12.1 Å². The van der Waals surface area contributed by atoms with E-state index in [4.69, 9.17) is 10.5 Å². The molecule has 4 rings (SSSR count). The number of nitrogens with zero attached hydrogens (tertiary/aromatic N) is 1. The van der Waals surface area contributed by atoms with Crippen molar-refractivity contribution in [2.45, 2.75) is 6.92 Å². The smallest absolute Gasteiger partial charge is 0.248 e. The summed E-state index contributed by atoms with van der Waals surface area (Å²) in [5.41, 5.74) is 8.51. The molecule has 1 aromatic heterocycles. The average Bonchev–Trinajstić information content (AvgIpc) is 3.04. The first-order chi connectivity index (χ1) is 12.2. The monoisotopic (exact) mass is 331 g/mol. The van der Waals surface area contributed by atoms with Crippen LogP contribution in [0.1, 0.15) is 17.3 Å². The van der Waals surface area contributed by atoms with Crippen LogP contribution in [0.3, 0.4) is 0 Å². The van der Waals surface area contributed by atoms with Crippen LogP contribution < -0.4 is 10.5 Å². The van der Waals surface area contributed by atoms with E-state index in [1.165, 1.54) is 0 Å². The van der Waals surface area contributed by atoms with Crippen LogP contribution in [0.4, 0.5) is 0 Å². The highest BCUT2D eigenvalue weighted by Gasteiger charge is 2.11. The molecular weight excluding hydrogens is 314 g/mol. The number of carbonyl (C=O) groups excluding carboxylic acids is 1.